The van der Waals surface area contributed by atoms with E-state index in [9.17, 15) is 0 Å². The highest BCUT2D eigenvalue weighted by Crippen LogP contribution is 2.46. The van der Waals surface area contributed by atoms with Crippen molar-refractivity contribution in [2.75, 3.05) is 0 Å². The predicted octanol–water partition coefficient (Wildman–Crippen LogP) is 11.8. The predicted molar refractivity (Wildman–Crippen MR) is 207 cm³/mol. The minimum Gasteiger partial charge on any atom is -0.485 e. The average molecular weight is 674 g/mol. The van der Waals surface area contributed by atoms with Crippen LogP contribution in [0.3, 0.4) is 0 Å². The number of ether oxygens (including phenoxy) is 1. The van der Waals surface area contributed by atoms with Crippen molar-refractivity contribution in [2.24, 2.45) is 0 Å². The molecule has 240 valence electrons. The number of fused-ring (bicyclic) bond motifs is 9. The van der Waals surface area contributed by atoms with Crippen molar-refractivity contribution in [1.82, 2.24) is 15.0 Å². The Morgan fingerprint density at radius 2 is 1.22 bits per heavy atom. The molecule has 9 aromatic rings. The van der Waals surface area contributed by atoms with Gasteiger partial charge in [-0.3, -0.25) is 0 Å². The van der Waals surface area contributed by atoms with E-state index in [-0.39, 0.29) is 12.0 Å². The van der Waals surface area contributed by atoms with Crippen LogP contribution in [-0.2, 0) is 0 Å². The topological polar surface area (TPSA) is 61.0 Å². The third kappa shape index (κ3) is 4.43. The van der Waals surface area contributed by atoms with Gasteiger partial charge in [0, 0.05) is 64.7 Å². The number of hydrogen-bond acceptors (Lipinski definition) is 6. The summed E-state index contributed by atoms with van der Waals surface area (Å²) in [5.41, 5.74) is 7.78. The molecule has 0 spiro atoms. The molecule has 0 N–H and O–H groups in total. The van der Waals surface area contributed by atoms with Crippen molar-refractivity contribution in [1.29, 1.82) is 0 Å². The van der Waals surface area contributed by atoms with Gasteiger partial charge in [0.05, 0.1) is 0 Å². The molecule has 11 rings (SSSR count). The van der Waals surface area contributed by atoms with Gasteiger partial charge < -0.3 is 9.15 Å². The molecule has 6 aromatic carbocycles. The summed E-state index contributed by atoms with van der Waals surface area (Å²) >= 11 is 1.83. The zero-order chi connectivity index (χ0) is 33.5. The van der Waals surface area contributed by atoms with E-state index in [1.54, 1.807) is 0 Å². The standard InChI is InChI=1S/C45H27N3O2S/c1-2-11-26(12-3-1)43-46-44(27-23-24-29-28-13-4-6-19-35(28)49-38(29)25-27)48-45(47-43)34-18-10-21-37-41(34)40-31(15-9-20-36(40)50-37)33-17-8-16-32-30-14-5-7-22-39(30)51-42(32)33/h1-25,28,35H. The number of thiophene rings is 1. The highest BCUT2D eigenvalue weighted by molar-refractivity contribution is 7.26. The zero-order valence-corrected chi connectivity index (χ0v) is 28.0. The van der Waals surface area contributed by atoms with Crippen molar-refractivity contribution >= 4 is 53.4 Å². The summed E-state index contributed by atoms with van der Waals surface area (Å²) in [4.78, 5) is 15.4. The Morgan fingerprint density at radius 3 is 2.10 bits per heavy atom. The largest absolute Gasteiger partial charge is 0.485 e. The van der Waals surface area contributed by atoms with Crippen LogP contribution in [0.2, 0.25) is 0 Å². The first-order chi connectivity index (χ1) is 25.3. The third-order valence-corrected chi connectivity index (χ3v) is 11.3. The Morgan fingerprint density at radius 1 is 0.529 bits per heavy atom. The minimum atomic E-state index is 0.00799. The lowest BCUT2D eigenvalue weighted by atomic mass is 9.91. The molecule has 2 unspecified atom stereocenters. The molecule has 2 aliphatic rings. The van der Waals surface area contributed by atoms with Gasteiger partial charge in [0.15, 0.2) is 17.5 Å². The molecule has 0 saturated carbocycles. The second kappa shape index (κ2) is 11.1. The number of hydrogen-bond donors (Lipinski definition) is 0. The Balaban J connectivity index is 1.14. The SMILES string of the molecule is C1=CC2Oc3cc(-c4nc(-c5ccccc5)nc(-c5cccc6oc7cccc(-c8cccc9c8sc8ccccc89)c7c56)n4)ccc3C2C=C1. The molecule has 4 heterocycles. The van der Waals surface area contributed by atoms with Gasteiger partial charge in [0.25, 0.3) is 0 Å². The van der Waals surface area contributed by atoms with Crippen molar-refractivity contribution in [2.45, 2.75) is 12.0 Å². The molecule has 0 amide bonds. The summed E-state index contributed by atoms with van der Waals surface area (Å²) in [5, 5.41) is 4.57. The Hall–Kier alpha value is -6.37. The number of allylic oxidation sites excluding steroid dienone is 2. The monoisotopic (exact) mass is 673 g/mol. The molecule has 0 radical (unpaired) electrons. The molecule has 1 aliphatic carbocycles. The first-order valence-corrected chi connectivity index (χ1v) is 17.9. The van der Waals surface area contributed by atoms with E-state index < -0.39 is 0 Å². The van der Waals surface area contributed by atoms with E-state index in [0.717, 1.165) is 49.9 Å². The minimum absolute atomic E-state index is 0.00799. The number of benzene rings is 6. The lowest BCUT2D eigenvalue weighted by Crippen LogP contribution is -2.15. The van der Waals surface area contributed by atoms with Gasteiger partial charge in [0.1, 0.15) is 23.0 Å². The summed E-state index contributed by atoms with van der Waals surface area (Å²) in [6.07, 6.45) is 8.47. The lowest BCUT2D eigenvalue weighted by molar-refractivity contribution is 0.269. The number of aromatic nitrogens is 3. The number of furan rings is 1. The van der Waals surface area contributed by atoms with Crippen molar-refractivity contribution in [3.63, 3.8) is 0 Å². The van der Waals surface area contributed by atoms with Crippen LogP contribution in [0, 0.1) is 0 Å². The van der Waals surface area contributed by atoms with Crippen LogP contribution in [0.1, 0.15) is 11.5 Å². The van der Waals surface area contributed by atoms with E-state index in [1.165, 1.54) is 31.3 Å². The van der Waals surface area contributed by atoms with Crippen molar-refractivity contribution < 1.29 is 9.15 Å². The highest BCUT2D eigenvalue weighted by atomic mass is 32.1. The molecular weight excluding hydrogens is 647 g/mol. The van der Waals surface area contributed by atoms with Crippen LogP contribution in [0.25, 0.3) is 87.4 Å². The Bertz CT molecular complexity index is 2920. The molecule has 0 bridgehead atoms. The van der Waals surface area contributed by atoms with Gasteiger partial charge in [-0.15, -0.1) is 11.3 Å². The fourth-order valence-corrected chi connectivity index (χ4v) is 8.99. The van der Waals surface area contributed by atoms with Gasteiger partial charge in [-0.25, -0.2) is 15.0 Å². The first kappa shape index (κ1) is 28.5. The number of nitrogens with zero attached hydrogens (tertiary/aromatic N) is 3. The van der Waals surface area contributed by atoms with Crippen LogP contribution in [0.5, 0.6) is 5.75 Å². The molecule has 3 aromatic heterocycles. The molecule has 1 aliphatic heterocycles. The van der Waals surface area contributed by atoms with Gasteiger partial charge in [0.2, 0.25) is 0 Å². The van der Waals surface area contributed by atoms with Gasteiger partial charge in [-0.1, -0.05) is 121 Å². The molecule has 0 saturated heterocycles. The normalized spacial score (nSPS) is 16.2. The molecule has 5 nitrogen and oxygen atoms in total. The fourth-order valence-electron chi connectivity index (χ4n) is 7.76. The van der Waals surface area contributed by atoms with Gasteiger partial charge in [-0.2, -0.15) is 0 Å². The van der Waals surface area contributed by atoms with E-state index in [0.29, 0.717) is 17.5 Å². The van der Waals surface area contributed by atoms with E-state index in [4.69, 9.17) is 24.1 Å². The van der Waals surface area contributed by atoms with Crippen LogP contribution in [0.15, 0.2) is 156 Å². The summed E-state index contributed by atoms with van der Waals surface area (Å²) < 4.78 is 15.5. The van der Waals surface area contributed by atoms with E-state index in [1.807, 2.05) is 59.9 Å². The molecule has 51 heavy (non-hydrogen) atoms. The molecule has 0 fully saturated rings. The van der Waals surface area contributed by atoms with Crippen molar-refractivity contribution in [3.8, 4) is 51.0 Å². The summed E-state index contributed by atoms with van der Waals surface area (Å²) in [7, 11) is 0. The van der Waals surface area contributed by atoms with Gasteiger partial charge in [-0.05, 0) is 35.9 Å². The fraction of sp³-hybridized carbons (Fsp3) is 0.0444. The highest BCUT2D eigenvalue weighted by Gasteiger charge is 2.32. The third-order valence-electron chi connectivity index (χ3n) is 10.1. The Labute approximate surface area is 296 Å². The maximum absolute atomic E-state index is 6.58. The second-order valence-electron chi connectivity index (χ2n) is 13.0. The van der Waals surface area contributed by atoms with Crippen LogP contribution in [-0.4, -0.2) is 21.1 Å². The summed E-state index contributed by atoms with van der Waals surface area (Å²) in [6.45, 7) is 0. The van der Waals surface area contributed by atoms with Crippen molar-refractivity contribution in [3.05, 3.63) is 157 Å². The zero-order valence-electron chi connectivity index (χ0n) is 27.2. The first-order valence-electron chi connectivity index (χ1n) is 17.1. The maximum Gasteiger partial charge on any atom is 0.164 e. The smallest absolute Gasteiger partial charge is 0.164 e. The second-order valence-corrected chi connectivity index (χ2v) is 14.1. The molecule has 2 atom stereocenters. The molecular formula is C45H27N3O2S. The Kier molecular flexibility index (Phi) is 6.18. The van der Waals surface area contributed by atoms with E-state index >= 15 is 0 Å². The van der Waals surface area contributed by atoms with Crippen LogP contribution in [0.4, 0.5) is 0 Å². The lowest BCUT2D eigenvalue weighted by Gasteiger charge is -2.13. The van der Waals surface area contributed by atoms with Crippen LogP contribution < -0.4 is 4.74 Å². The number of rotatable bonds is 4. The quantitative estimate of drug-likeness (QED) is 0.186. The maximum atomic E-state index is 6.58. The average Bonchev–Trinajstić information content (AvgIpc) is 3.89. The van der Waals surface area contributed by atoms with Gasteiger partial charge >= 0.3 is 0 Å². The van der Waals surface area contributed by atoms with E-state index in [2.05, 4.69) is 103 Å². The molecule has 6 heteroatoms. The van der Waals surface area contributed by atoms with Crippen LogP contribution >= 0.6 is 11.3 Å². The summed E-state index contributed by atoms with van der Waals surface area (Å²) in [5.74, 6) is 2.86. The summed E-state index contributed by atoms with van der Waals surface area (Å²) in [6, 6.07) is 44.1.